The second-order valence-electron chi connectivity index (χ2n) is 6.03. The molecule has 1 aliphatic rings. The Morgan fingerprint density at radius 3 is 2.53 bits per heavy atom. The lowest BCUT2D eigenvalue weighted by Gasteiger charge is -2.37. The quantitative estimate of drug-likeness (QED) is 0.903. The van der Waals surface area contributed by atoms with Crippen LogP contribution in [-0.4, -0.2) is 30.4 Å². The maximum atomic E-state index is 12.6. The zero-order valence-electron chi connectivity index (χ0n) is 12.2. The molecule has 1 heterocycles. The van der Waals surface area contributed by atoms with Crippen molar-refractivity contribution in [2.45, 2.75) is 33.6 Å². The van der Waals surface area contributed by atoms with Gasteiger partial charge >= 0.3 is 0 Å². The van der Waals surface area contributed by atoms with Crippen molar-refractivity contribution in [3.8, 4) is 0 Å². The second kappa shape index (κ2) is 5.64. The summed E-state index contributed by atoms with van der Waals surface area (Å²) in [5, 5.41) is 3.26. The first kappa shape index (κ1) is 13.9. The summed E-state index contributed by atoms with van der Waals surface area (Å²) in [6.45, 7) is 9.17. The molecule has 1 aromatic carbocycles. The molecule has 0 aromatic heterocycles. The third kappa shape index (κ3) is 3.28. The van der Waals surface area contributed by atoms with E-state index < -0.39 is 0 Å². The topological polar surface area (TPSA) is 32.3 Å². The lowest BCUT2D eigenvalue weighted by Crippen LogP contribution is -2.41. The van der Waals surface area contributed by atoms with Gasteiger partial charge < -0.3 is 10.2 Å². The molecule has 1 saturated heterocycles. The molecule has 3 heteroatoms. The summed E-state index contributed by atoms with van der Waals surface area (Å²) in [7, 11) is 0. The summed E-state index contributed by atoms with van der Waals surface area (Å²) < 4.78 is 0. The number of nitrogens with zero attached hydrogens (tertiary/aromatic N) is 1. The first-order chi connectivity index (χ1) is 9.03. The Morgan fingerprint density at radius 2 is 1.89 bits per heavy atom. The van der Waals surface area contributed by atoms with Crippen LogP contribution in [0.4, 0.5) is 5.69 Å². The highest BCUT2D eigenvalue weighted by Crippen LogP contribution is 2.30. The fourth-order valence-corrected chi connectivity index (χ4v) is 2.50. The zero-order valence-corrected chi connectivity index (χ0v) is 12.2. The molecule has 0 spiro atoms. The smallest absolute Gasteiger partial charge is 0.255 e. The molecule has 104 valence electrons. The number of likely N-dealkylation sites (tertiary alicyclic amines) is 1. The minimum absolute atomic E-state index is 0.159. The highest BCUT2D eigenvalue weighted by Gasteiger charge is 2.28. The summed E-state index contributed by atoms with van der Waals surface area (Å²) in [6, 6.07) is 7.79. The number of nitrogens with one attached hydrogen (secondary N) is 1. The number of carbonyl (C=O) groups excluding carboxylic acids is 1. The number of hydrogen-bond donors (Lipinski definition) is 1. The Morgan fingerprint density at radius 1 is 1.26 bits per heavy atom. The molecular formula is C16H24N2O. The van der Waals surface area contributed by atoms with Crippen molar-refractivity contribution in [3.63, 3.8) is 0 Å². The van der Waals surface area contributed by atoms with Crippen molar-refractivity contribution < 1.29 is 4.79 Å². The Balaban J connectivity index is 2.12. The van der Waals surface area contributed by atoms with Crippen LogP contribution >= 0.6 is 0 Å². The lowest BCUT2D eigenvalue weighted by atomic mass is 9.82. The first-order valence-corrected chi connectivity index (χ1v) is 7.16. The molecule has 3 nitrogen and oxygen atoms in total. The number of hydrogen-bond acceptors (Lipinski definition) is 2. The average molecular weight is 260 g/mol. The van der Waals surface area contributed by atoms with Gasteiger partial charge in [0.05, 0.1) is 5.56 Å². The van der Waals surface area contributed by atoms with Gasteiger partial charge in [0, 0.05) is 25.3 Å². The molecule has 1 N–H and O–H groups in total. The molecule has 0 aliphatic carbocycles. The van der Waals surface area contributed by atoms with E-state index in [1.807, 2.05) is 36.1 Å². The Bertz CT molecular complexity index is 444. The van der Waals surface area contributed by atoms with Gasteiger partial charge in [-0.25, -0.2) is 0 Å². The van der Waals surface area contributed by atoms with Gasteiger partial charge in [0.1, 0.15) is 0 Å². The predicted octanol–water partition coefficient (Wildman–Crippen LogP) is 3.38. The number of anilines is 1. The van der Waals surface area contributed by atoms with Crippen molar-refractivity contribution in [2.24, 2.45) is 5.41 Å². The molecule has 19 heavy (non-hydrogen) atoms. The van der Waals surface area contributed by atoms with Gasteiger partial charge in [0.15, 0.2) is 0 Å². The van der Waals surface area contributed by atoms with Crippen LogP contribution in [0.3, 0.4) is 0 Å². The summed E-state index contributed by atoms with van der Waals surface area (Å²) in [4.78, 5) is 14.6. The number of piperidine rings is 1. The minimum Gasteiger partial charge on any atom is -0.385 e. The van der Waals surface area contributed by atoms with E-state index in [0.29, 0.717) is 5.41 Å². The normalized spacial score (nSPS) is 18.2. The van der Waals surface area contributed by atoms with Crippen LogP contribution in [0.15, 0.2) is 24.3 Å². The Labute approximate surface area is 116 Å². The average Bonchev–Trinajstić information content (AvgIpc) is 2.39. The first-order valence-electron chi connectivity index (χ1n) is 7.16. The fourth-order valence-electron chi connectivity index (χ4n) is 2.50. The Hall–Kier alpha value is -1.51. The molecule has 0 bridgehead atoms. The zero-order chi connectivity index (χ0) is 13.9. The molecule has 1 amide bonds. The minimum atomic E-state index is 0.159. The fraction of sp³-hybridized carbons (Fsp3) is 0.562. The van der Waals surface area contributed by atoms with E-state index in [2.05, 4.69) is 19.2 Å². The van der Waals surface area contributed by atoms with Gasteiger partial charge in [-0.1, -0.05) is 26.0 Å². The third-order valence-corrected chi connectivity index (χ3v) is 3.93. The number of benzene rings is 1. The van der Waals surface area contributed by atoms with Gasteiger partial charge in [0.25, 0.3) is 5.91 Å². The summed E-state index contributed by atoms with van der Waals surface area (Å²) >= 11 is 0. The van der Waals surface area contributed by atoms with Crippen molar-refractivity contribution >= 4 is 11.6 Å². The molecule has 0 atom stereocenters. The highest BCUT2D eigenvalue weighted by atomic mass is 16.2. The van der Waals surface area contributed by atoms with Crippen LogP contribution in [0.25, 0.3) is 0 Å². The van der Waals surface area contributed by atoms with Crippen LogP contribution in [-0.2, 0) is 0 Å². The number of carbonyl (C=O) groups is 1. The van der Waals surface area contributed by atoms with Gasteiger partial charge in [-0.05, 0) is 37.3 Å². The summed E-state index contributed by atoms with van der Waals surface area (Å²) in [5.41, 5.74) is 2.11. The number of amides is 1. The predicted molar refractivity (Wildman–Crippen MR) is 79.5 cm³/mol. The maximum absolute atomic E-state index is 12.6. The number of rotatable bonds is 3. The van der Waals surface area contributed by atoms with E-state index >= 15 is 0 Å². The molecular weight excluding hydrogens is 236 g/mol. The summed E-state index contributed by atoms with van der Waals surface area (Å²) in [6.07, 6.45) is 2.17. The maximum Gasteiger partial charge on any atom is 0.255 e. The lowest BCUT2D eigenvalue weighted by molar-refractivity contribution is 0.0631. The van der Waals surface area contributed by atoms with Gasteiger partial charge in [-0.3, -0.25) is 4.79 Å². The van der Waals surface area contributed by atoms with Gasteiger partial charge in [-0.15, -0.1) is 0 Å². The Kier molecular flexibility index (Phi) is 4.13. The molecule has 1 fully saturated rings. The largest absolute Gasteiger partial charge is 0.385 e. The van der Waals surface area contributed by atoms with Crippen LogP contribution < -0.4 is 5.32 Å². The SMILES string of the molecule is CCNc1ccccc1C(=O)N1CCC(C)(C)CC1. The standard InChI is InChI=1S/C16H24N2O/c1-4-17-14-8-6-5-7-13(14)15(19)18-11-9-16(2,3)10-12-18/h5-8,17H,4,9-12H2,1-3H3. The third-order valence-electron chi connectivity index (χ3n) is 3.93. The van der Waals surface area contributed by atoms with Crippen molar-refractivity contribution in [2.75, 3.05) is 25.0 Å². The van der Waals surface area contributed by atoms with Gasteiger partial charge in [0.2, 0.25) is 0 Å². The van der Waals surface area contributed by atoms with Crippen molar-refractivity contribution in [1.82, 2.24) is 4.90 Å². The van der Waals surface area contributed by atoms with E-state index in [4.69, 9.17) is 0 Å². The van der Waals surface area contributed by atoms with Crippen LogP contribution in [0, 0.1) is 5.41 Å². The molecule has 2 rings (SSSR count). The van der Waals surface area contributed by atoms with Crippen LogP contribution in [0.5, 0.6) is 0 Å². The highest BCUT2D eigenvalue weighted by molar-refractivity contribution is 5.99. The van der Waals surface area contributed by atoms with E-state index in [-0.39, 0.29) is 5.91 Å². The van der Waals surface area contributed by atoms with E-state index in [9.17, 15) is 4.79 Å². The molecule has 1 aromatic rings. The number of para-hydroxylation sites is 1. The van der Waals surface area contributed by atoms with Crippen LogP contribution in [0.2, 0.25) is 0 Å². The molecule has 0 saturated carbocycles. The summed E-state index contributed by atoms with van der Waals surface area (Å²) in [5.74, 6) is 0.159. The van der Waals surface area contributed by atoms with Crippen molar-refractivity contribution in [1.29, 1.82) is 0 Å². The van der Waals surface area contributed by atoms with E-state index in [1.165, 1.54) is 0 Å². The van der Waals surface area contributed by atoms with Crippen molar-refractivity contribution in [3.05, 3.63) is 29.8 Å². The molecule has 0 radical (unpaired) electrons. The monoisotopic (exact) mass is 260 g/mol. The van der Waals surface area contributed by atoms with Gasteiger partial charge in [-0.2, -0.15) is 0 Å². The second-order valence-corrected chi connectivity index (χ2v) is 6.03. The molecule has 0 unspecified atom stereocenters. The van der Waals surface area contributed by atoms with E-state index in [0.717, 1.165) is 43.7 Å². The van der Waals surface area contributed by atoms with Crippen LogP contribution in [0.1, 0.15) is 44.0 Å². The van der Waals surface area contributed by atoms with E-state index in [1.54, 1.807) is 0 Å². The molecule has 1 aliphatic heterocycles.